The quantitative estimate of drug-likeness (QED) is 0.765. The lowest BCUT2D eigenvalue weighted by molar-refractivity contribution is 0.0930. The van der Waals surface area contributed by atoms with Crippen molar-refractivity contribution in [2.24, 2.45) is 11.8 Å². The Morgan fingerprint density at radius 1 is 1.29 bits per heavy atom. The predicted octanol–water partition coefficient (Wildman–Crippen LogP) is 2.92. The van der Waals surface area contributed by atoms with Crippen molar-refractivity contribution in [2.75, 3.05) is 13.6 Å². The molecule has 0 saturated carbocycles. The molecule has 1 rings (SSSR count). The number of nitrogens with one attached hydrogen (secondary N) is 1. The first kappa shape index (κ1) is 13.9. The molecule has 17 heavy (non-hydrogen) atoms. The van der Waals surface area contributed by atoms with Gasteiger partial charge in [0.05, 0.1) is 0 Å². The molecule has 2 nitrogen and oxygen atoms in total. The van der Waals surface area contributed by atoms with E-state index >= 15 is 0 Å². The monoisotopic (exact) mass is 233 g/mol. The van der Waals surface area contributed by atoms with Gasteiger partial charge in [-0.1, -0.05) is 39.0 Å². The number of hydrogen-bond donors (Lipinski definition) is 1. The normalized spacial score (nSPS) is 12.8. The van der Waals surface area contributed by atoms with Gasteiger partial charge in [-0.3, -0.25) is 4.79 Å². The van der Waals surface area contributed by atoms with Crippen LogP contribution in [-0.2, 0) is 6.42 Å². The Hall–Kier alpha value is -1.15. The van der Waals surface area contributed by atoms with Gasteiger partial charge in [-0.05, 0) is 31.0 Å². The Balaban J connectivity index is 2.80. The summed E-state index contributed by atoms with van der Waals surface area (Å²) in [5.74, 6) is 0.884. The van der Waals surface area contributed by atoms with E-state index in [-0.39, 0.29) is 11.7 Å². The maximum Gasteiger partial charge on any atom is 0.166 e. The van der Waals surface area contributed by atoms with Gasteiger partial charge < -0.3 is 5.32 Å². The number of hydrogen-bond acceptors (Lipinski definition) is 2. The second kappa shape index (κ2) is 6.55. The van der Waals surface area contributed by atoms with Crippen molar-refractivity contribution in [3.8, 4) is 0 Å². The highest BCUT2D eigenvalue weighted by Crippen LogP contribution is 2.14. The Morgan fingerprint density at radius 3 is 2.59 bits per heavy atom. The third-order valence-electron chi connectivity index (χ3n) is 2.81. The van der Waals surface area contributed by atoms with Crippen LogP contribution in [0.15, 0.2) is 24.3 Å². The van der Waals surface area contributed by atoms with Crippen LogP contribution in [0, 0.1) is 11.8 Å². The maximum atomic E-state index is 12.1. The molecule has 0 fully saturated rings. The number of benzene rings is 1. The molecule has 1 aromatic carbocycles. The molecule has 0 bridgehead atoms. The average Bonchev–Trinajstić information content (AvgIpc) is 2.28. The Bertz CT molecular complexity index is 371. The molecular formula is C15H23NO. The highest BCUT2D eigenvalue weighted by Gasteiger charge is 2.14. The van der Waals surface area contributed by atoms with Crippen LogP contribution < -0.4 is 5.32 Å². The fourth-order valence-electron chi connectivity index (χ4n) is 2.01. The zero-order valence-corrected chi connectivity index (χ0v) is 11.3. The highest BCUT2D eigenvalue weighted by atomic mass is 16.1. The van der Waals surface area contributed by atoms with Gasteiger partial charge in [-0.15, -0.1) is 0 Å². The first-order valence-electron chi connectivity index (χ1n) is 6.32. The van der Waals surface area contributed by atoms with Gasteiger partial charge >= 0.3 is 0 Å². The van der Waals surface area contributed by atoms with Gasteiger partial charge in [0, 0.05) is 18.0 Å². The topological polar surface area (TPSA) is 29.1 Å². The van der Waals surface area contributed by atoms with Gasteiger partial charge in [0.25, 0.3) is 0 Å². The third-order valence-corrected chi connectivity index (χ3v) is 2.81. The van der Waals surface area contributed by atoms with E-state index in [9.17, 15) is 4.79 Å². The lowest BCUT2D eigenvalue weighted by Gasteiger charge is -2.11. The van der Waals surface area contributed by atoms with E-state index in [4.69, 9.17) is 0 Å². The van der Waals surface area contributed by atoms with Crippen molar-refractivity contribution < 1.29 is 4.79 Å². The molecule has 1 aromatic rings. The minimum Gasteiger partial charge on any atom is -0.319 e. The summed E-state index contributed by atoms with van der Waals surface area (Å²) in [7, 11) is 1.87. The third kappa shape index (κ3) is 4.31. The van der Waals surface area contributed by atoms with Crippen LogP contribution in [0.25, 0.3) is 0 Å². The van der Waals surface area contributed by atoms with Crippen molar-refractivity contribution >= 4 is 5.78 Å². The molecular weight excluding hydrogens is 210 g/mol. The summed E-state index contributed by atoms with van der Waals surface area (Å²) in [5, 5.41) is 3.04. The van der Waals surface area contributed by atoms with Crippen molar-refractivity contribution in [1.82, 2.24) is 5.32 Å². The molecule has 1 unspecified atom stereocenters. The summed E-state index contributed by atoms with van der Waals surface area (Å²) in [6, 6.07) is 8.03. The Kier molecular flexibility index (Phi) is 5.36. The molecule has 0 amide bonds. The molecule has 94 valence electrons. The van der Waals surface area contributed by atoms with E-state index in [0.29, 0.717) is 5.92 Å². The molecule has 0 aliphatic rings. The molecule has 0 radical (unpaired) electrons. The maximum absolute atomic E-state index is 12.1. The molecule has 1 N–H and O–H groups in total. The first-order valence-corrected chi connectivity index (χ1v) is 6.32. The van der Waals surface area contributed by atoms with Crippen LogP contribution in [0.1, 0.15) is 36.7 Å². The van der Waals surface area contributed by atoms with Crippen LogP contribution in [0.4, 0.5) is 0 Å². The van der Waals surface area contributed by atoms with Crippen LogP contribution in [-0.4, -0.2) is 19.4 Å². The van der Waals surface area contributed by atoms with E-state index in [2.05, 4.69) is 25.2 Å². The zero-order chi connectivity index (χ0) is 12.8. The fraction of sp³-hybridized carbons (Fsp3) is 0.533. The van der Waals surface area contributed by atoms with E-state index < -0.39 is 0 Å². The number of ketones is 1. The summed E-state index contributed by atoms with van der Waals surface area (Å²) in [6.45, 7) is 7.08. The highest BCUT2D eigenvalue weighted by molar-refractivity contribution is 5.97. The van der Waals surface area contributed by atoms with Gasteiger partial charge in [0.15, 0.2) is 5.78 Å². The van der Waals surface area contributed by atoms with Crippen molar-refractivity contribution in [3.05, 3.63) is 35.4 Å². The predicted molar refractivity (Wildman–Crippen MR) is 72.4 cm³/mol. The smallest absolute Gasteiger partial charge is 0.166 e. The number of Topliss-reactive ketones (excluding diaryl/α,β-unsaturated/α-hetero) is 1. The molecule has 1 atom stereocenters. The summed E-state index contributed by atoms with van der Waals surface area (Å²) in [4.78, 5) is 12.1. The average molecular weight is 233 g/mol. The number of rotatable bonds is 6. The largest absolute Gasteiger partial charge is 0.319 e. The van der Waals surface area contributed by atoms with Gasteiger partial charge in [0.1, 0.15) is 0 Å². The minimum atomic E-state index is 0.0364. The van der Waals surface area contributed by atoms with Crippen LogP contribution in [0.2, 0.25) is 0 Å². The molecule has 0 aliphatic carbocycles. The molecule has 0 aliphatic heterocycles. The Labute approximate surface area is 104 Å². The van der Waals surface area contributed by atoms with E-state index in [1.165, 1.54) is 5.56 Å². The zero-order valence-electron chi connectivity index (χ0n) is 11.3. The van der Waals surface area contributed by atoms with E-state index in [1.54, 1.807) is 0 Å². The lowest BCUT2D eigenvalue weighted by Crippen LogP contribution is -2.23. The van der Waals surface area contributed by atoms with Crippen molar-refractivity contribution in [3.63, 3.8) is 0 Å². The number of carbonyl (C=O) groups excluding carboxylic acids is 1. The molecule has 0 aromatic heterocycles. The van der Waals surface area contributed by atoms with Crippen molar-refractivity contribution in [2.45, 2.75) is 27.2 Å². The van der Waals surface area contributed by atoms with Crippen LogP contribution >= 0.6 is 0 Å². The summed E-state index contributed by atoms with van der Waals surface area (Å²) < 4.78 is 0. The van der Waals surface area contributed by atoms with Gasteiger partial charge in [-0.25, -0.2) is 0 Å². The first-order chi connectivity index (χ1) is 8.04. The second-order valence-electron chi connectivity index (χ2n) is 5.12. The minimum absolute atomic E-state index is 0.0364. The standard InChI is InChI=1S/C15H23NO/c1-11(2)8-13-6-5-7-14(9-13)15(17)12(3)10-16-4/h5-7,9,11-12,16H,8,10H2,1-4H3. The summed E-state index contributed by atoms with van der Waals surface area (Å²) in [5.41, 5.74) is 2.09. The molecule has 0 spiro atoms. The van der Waals surface area contributed by atoms with E-state index in [1.807, 2.05) is 32.2 Å². The van der Waals surface area contributed by atoms with Crippen LogP contribution in [0.5, 0.6) is 0 Å². The van der Waals surface area contributed by atoms with E-state index in [0.717, 1.165) is 18.5 Å². The van der Waals surface area contributed by atoms with Crippen molar-refractivity contribution in [1.29, 1.82) is 0 Å². The number of carbonyl (C=O) groups is 1. The molecule has 2 heteroatoms. The van der Waals surface area contributed by atoms with Gasteiger partial charge in [0.2, 0.25) is 0 Å². The summed E-state index contributed by atoms with van der Waals surface area (Å²) in [6.07, 6.45) is 1.03. The second-order valence-corrected chi connectivity index (χ2v) is 5.12. The Morgan fingerprint density at radius 2 is 2.00 bits per heavy atom. The summed E-state index contributed by atoms with van der Waals surface area (Å²) >= 11 is 0. The fourth-order valence-corrected chi connectivity index (χ4v) is 2.01. The lowest BCUT2D eigenvalue weighted by atomic mass is 9.95. The molecule has 0 saturated heterocycles. The SMILES string of the molecule is CNCC(C)C(=O)c1cccc(CC(C)C)c1. The van der Waals surface area contributed by atoms with Crippen LogP contribution in [0.3, 0.4) is 0 Å². The van der Waals surface area contributed by atoms with Gasteiger partial charge in [-0.2, -0.15) is 0 Å². The molecule has 0 heterocycles.